The molecule has 1 N–H and O–H groups in total. The van der Waals surface area contributed by atoms with Gasteiger partial charge in [-0.25, -0.2) is 4.79 Å². The van der Waals surface area contributed by atoms with E-state index in [0.717, 1.165) is 25.8 Å². The molecule has 1 heterocycles. The average Bonchev–Trinajstić information content (AvgIpc) is 2.37. The van der Waals surface area contributed by atoms with Crippen molar-refractivity contribution in [3.05, 3.63) is 0 Å². The zero-order chi connectivity index (χ0) is 16.0. The molecule has 1 rings (SSSR count). The highest BCUT2D eigenvalue weighted by molar-refractivity contribution is 5.81. The molecule has 0 radical (unpaired) electrons. The first-order valence-electron chi connectivity index (χ1n) is 8.00. The van der Waals surface area contributed by atoms with Crippen LogP contribution in [0.15, 0.2) is 0 Å². The van der Waals surface area contributed by atoms with Crippen LogP contribution in [-0.2, 0) is 9.53 Å². The second kappa shape index (κ2) is 7.66. The van der Waals surface area contributed by atoms with E-state index in [4.69, 9.17) is 4.74 Å². The summed E-state index contributed by atoms with van der Waals surface area (Å²) in [6.07, 6.45) is 2.70. The van der Waals surface area contributed by atoms with Crippen molar-refractivity contribution >= 4 is 12.0 Å². The van der Waals surface area contributed by atoms with Gasteiger partial charge in [0.15, 0.2) is 0 Å². The number of nitrogens with zero attached hydrogens (tertiary/aromatic N) is 1. The van der Waals surface area contributed by atoms with Gasteiger partial charge in [-0.2, -0.15) is 0 Å². The predicted molar refractivity (Wildman–Crippen MR) is 83.0 cm³/mol. The molecule has 1 fully saturated rings. The minimum atomic E-state index is -0.386. The van der Waals surface area contributed by atoms with Crippen molar-refractivity contribution in [3.8, 4) is 0 Å². The van der Waals surface area contributed by atoms with Crippen LogP contribution in [0.3, 0.4) is 0 Å². The second-order valence-corrected chi connectivity index (χ2v) is 6.91. The Morgan fingerprint density at radius 2 is 1.90 bits per heavy atom. The molecule has 0 aromatic carbocycles. The maximum absolute atomic E-state index is 12.5. The third-order valence-corrected chi connectivity index (χ3v) is 3.76. The molecule has 0 aromatic rings. The largest absolute Gasteiger partial charge is 0.450 e. The van der Waals surface area contributed by atoms with E-state index >= 15 is 0 Å². The number of amides is 2. The van der Waals surface area contributed by atoms with Crippen LogP contribution in [0.5, 0.6) is 0 Å². The van der Waals surface area contributed by atoms with Crippen LogP contribution in [-0.4, -0.2) is 42.6 Å². The number of piperidine rings is 1. The number of ether oxygens (including phenoxy) is 1. The van der Waals surface area contributed by atoms with Crippen molar-refractivity contribution in [2.45, 2.75) is 59.9 Å². The highest BCUT2D eigenvalue weighted by atomic mass is 16.5. The third-order valence-electron chi connectivity index (χ3n) is 3.76. The molecule has 2 atom stereocenters. The Kier molecular flexibility index (Phi) is 6.49. The van der Waals surface area contributed by atoms with Crippen molar-refractivity contribution in [2.75, 3.05) is 19.7 Å². The highest BCUT2D eigenvalue weighted by Crippen LogP contribution is 2.26. The fourth-order valence-corrected chi connectivity index (χ4v) is 2.91. The standard InChI is InChI=1S/C16H30N2O3/c1-6-8-12-9-13(17-15(20)21-7-2)11-18(10-12)14(19)16(3,4)5/h12-13H,6-11H2,1-5H3,(H,17,20). The van der Waals surface area contributed by atoms with E-state index in [1.54, 1.807) is 6.92 Å². The summed E-state index contributed by atoms with van der Waals surface area (Å²) in [4.78, 5) is 26.0. The molecular formula is C16H30N2O3. The lowest BCUT2D eigenvalue weighted by atomic mass is 9.87. The fourth-order valence-electron chi connectivity index (χ4n) is 2.91. The molecule has 0 bridgehead atoms. The number of rotatable bonds is 4. The van der Waals surface area contributed by atoms with Gasteiger partial charge in [0, 0.05) is 18.5 Å². The van der Waals surface area contributed by atoms with Crippen LogP contribution in [0.2, 0.25) is 0 Å². The van der Waals surface area contributed by atoms with Crippen molar-refractivity contribution < 1.29 is 14.3 Å². The second-order valence-electron chi connectivity index (χ2n) is 6.91. The topological polar surface area (TPSA) is 58.6 Å². The summed E-state index contributed by atoms with van der Waals surface area (Å²) in [5.74, 6) is 0.598. The smallest absolute Gasteiger partial charge is 0.407 e. The first-order chi connectivity index (χ1) is 9.77. The maximum Gasteiger partial charge on any atom is 0.407 e. The molecule has 0 aliphatic carbocycles. The van der Waals surface area contributed by atoms with Crippen LogP contribution in [0.25, 0.3) is 0 Å². The minimum absolute atomic E-state index is 0.0133. The number of carbonyl (C=O) groups excluding carboxylic acids is 2. The summed E-state index contributed by atoms with van der Waals surface area (Å²) in [5.41, 5.74) is -0.386. The van der Waals surface area contributed by atoms with Gasteiger partial charge in [-0.3, -0.25) is 4.79 Å². The van der Waals surface area contributed by atoms with Crippen LogP contribution < -0.4 is 5.32 Å². The average molecular weight is 298 g/mol. The predicted octanol–water partition coefficient (Wildman–Crippen LogP) is 2.80. The Balaban J connectivity index is 2.72. The number of hydrogen-bond donors (Lipinski definition) is 1. The number of carbonyl (C=O) groups is 2. The number of likely N-dealkylation sites (tertiary alicyclic amines) is 1. The monoisotopic (exact) mass is 298 g/mol. The lowest BCUT2D eigenvalue weighted by Gasteiger charge is -2.40. The van der Waals surface area contributed by atoms with Gasteiger partial charge in [0.2, 0.25) is 5.91 Å². The molecule has 0 spiro atoms. The molecule has 1 saturated heterocycles. The molecular weight excluding hydrogens is 268 g/mol. The summed E-state index contributed by atoms with van der Waals surface area (Å²) in [6.45, 7) is 11.5. The molecule has 0 aromatic heterocycles. The van der Waals surface area contributed by atoms with Crippen LogP contribution >= 0.6 is 0 Å². The van der Waals surface area contributed by atoms with E-state index in [0.29, 0.717) is 19.1 Å². The first kappa shape index (κ1) is 17.8. The summed E-state index contributed by atoms with van der Waals surface area (Å²) >= 11 is 0. The number of alkyl carbamates (subject to hydrolysis) is 1. The first-order valence-corrected chi connectivity index (χ1v) is 8.00. The fraction of sp³-hybridized carbons (Fsp3) is 0.875. The summed E-state index contributed by atoms with van der Waals surface area (Å²) < 4.78 is 4.95. The molecule has 122 valence electrons. The van der Waals surface area contributed by atoms with Gasteiger partial charge >= 0.3 is 6.09 Å². The van der Waals surface area contributed by atoms with E-state index in [1.807, 2.05) is 25.7 Å². The molecule has 21 heavy (non-hydrogen) atoms. The summed E-state index contributed by atoms with van der Waals surface area (Å²) in [7, 11) is 0. The van der Waals surface area contributed by atoms with Gasteiger partial charge in [-0.1, -0.05) is 34.1 Å². The number of hydrogen-bond acceptors (Lipinski definition) is 3. The third kappa shape index (κ3) is 5.56. The maximum atomic E-state index is 12.5. The van der Waals surface area contributed by atoms with E-state index in [1.165, 1.54) is 0 Å². The SMILES string of the molecule is CCCC1CC(NC(=O)OCC)CN(C(=O)C(C)(C)C)C1. The Morgan fingerprint density at radius 3 is 2.43 bits per heavy atom. The minimum Gasteiger partial charge on any atom is -0.450 e. The van der Waals surface area contributed by atoms with E-state index in [-0.39, 0.29) is 23.5 Å². The van der Waals surface area contributed by atoms with Crippen molar-refractivity contribution in [1.82, 2.24) is 10.2 Å². The Labute approximate surface area is 128 Å². The molecule has 5 nitrogen and oxygen atoms in total. The van der Waals surface area contributed by atoms with Crippen molar-refractivity contribution in [1.29, 1.82) is 0 Å². The van der Waals surface area contributed by atoms with Gasteiger partial charge < -0.3 is 15.0 Å². The van der Waals surface area contributed by atoms with Gasteiger partial charge in [-0.05, 0) is 25.7 Å². The van der Waals surface area contributed by atoms with E-state index in [9.17, 15) is 9.59 Å². The Bertz CT molecular complexity index is 363. The van der Waals surface area contributed by atoms with Gasteiger partial charge in [-0.15, -0.1) is 0 Å². The Morgan fingerprint density at radius 1 is 1.24 bits per heavy atom. The van der Waals surface area contributed by atoms with Crippen molar-refractivity contribution in [3.63, 3.8) is 0 Å². The van der Waals surface area contributed by atoms with Gasteiger partial charge in [0.1, 0.15) is 0 Å². The Hall–Kier alpha value is -1.26. The zero-order valence-corrected chi connectivity index (χ0v) is 14.1. The van der Waals surface area contributed by atoms with Crippen molar-refractivity contribution in [2.24, 2.45) is 11.3 Å². The van der Waals surface area contributed by atoms with Gasteiger partial charge in [0.25, 0.3) is 0 Å². The molecule has 2 unspecified atom stereocenters. The normalized spacial score (nSPS) is 22.8. The van der Waals surface area contributed by atoms with Crippen LogP contribution in [0.4, 0.5) is 4.79 Å². The molecule has 1 aliphatic rings. The zero-order valence-electron chi connectivity index (χ0n) is 14.1. The quantitative estimate of drug-likeness (QED) is 0.868. The molecule has 5 heteroatoms. The van der Waals surface area contributed by atoms with Crippen LogP contribution in [0, 0.1) is 11.3 Å². The van der Waals surface area contributed by atoms with Crippen LogP contribution in [0.1, 0.15) is 53.9 Å². The molecule has 1 aliphatic heterocycles. The van der Waals surface area contributed by atoms with E-state index < -0.39 is 0 Å². The lowest BCUT2D eigenvalue weighted by molar-refractivity contribution is -0.142. The highest BCUT2D eigenvalue weighted by Gasteiger charge is 2.35. The summed E-state index contributed by atoms with van der Waals surface area (Å²) in [6, 6.07) is -0.0133. The summed E-state index contributed by atoms with van der Waals surface area (Å²) in [5, 5.41) is 2.89. The number of nitrogens with one attached hydrogen (secondary N) is 1. The molecule has 0 saturated carbocycles. The molecule has 2 amide bonds. The van der Waals surface area contributed by atoms with E-state index in [2.05, 4.69) is 12.2 Å². The van der Waals surface area contributed by atoms with Gasteiger partial charge in [0.05, 0.1) is 12.6 Å². The lowest BCUT2D eigenvalue weighted by Crippen LogP contribution is -2.54.